The van der Waals surface area contributed by atoms with Gasteiger partial charge in [-0.2, -0.15) is 17.6 Å². The third-order valence-electron chi connectivity index (χ3n) is 2.56. The van der Waals surface area contributed by atoms with Crippen LogP contribution in [0.15, 0.2) is 54.6 Å². The molecule has 0 atom stereocenters. The van der Waals surface area contributed by atoms with E-state index >= 15 is 0 Å². The number of nitrogens with one attached hydrogen (secondary N) is 1. The smallest absolute Gasteiger partial charge is 0.428 e. The Morgan fingerprint density at radius 2 is 1.57 bits per heavy atom. The minimum Gasteiger partial charge on any atom is -0.428 e. The molecule has 0 bridgehead atoms. The van der Waals surface area contributed by atoms with E-state index in [-0.39, 0.29) is 5.69 Å². The van der Waals surface area contributed by atoms with Gasteiger partial charge in [0, 0.05) is 5.69 Å². The Kier molecular flexibility index (Phi) is 5.05. The second kappa shape index (κ2) is 6.99. The summed E-state index contributed by atoms with van der Waals surface area (Å²) in [5.41, 5.74) is 0.221. The largest absolute Gasteiger partial charge is 0.461 e. The van der Waals surface area contributed by atoms with Crippen molar-refractivity contribution in [2.75, 3.05) is 5.32 Å². The highest BCUT2D eigenvalue weighted by atomic mass is 19.3. The van der Waals surface area contributed by atoms with Crippen LogP contribution in [0.1, 0.15) is 0 Å². The minimum atomic E-state index is -4.58. The maximum absolute atomic E-state index is 12.7. The Balaban J connectivity index is 1.93. The number of carbonyl (C=O) groups is 1. The van der Waals surface area contributed by atoms with E-state index in [4.69, 9.17) is 4.74 Å². The normalized spacial score (nSPS) is 11.2. The second-order valence-electron chi connectivity index (χ2n) is 4.32. The van der Waals surface area contributed by atoms with Crippen LogP contribution in [0.5, 0.6) is 11.5 Å². The lowest BCUT2D eigenvalue weighted by atomic mass is 10.3. The Hall–Kier alpha value is -2.77. The molecular weight excluding hydrogens is 318 g/mol. The molecule has 23 heavy (non-hydrogen) atoms. The van der Waals surface area contributed by atoms with Gasteiger partial charge in [-0.05, 0) is 36.4 Å². The summed E-state index contributed by atoms with van der Waals surface area (Å²) in [5, 5.41) is 2.35. The molecule has 4 nitrogen and oxygen atoms in total. The van der Waals surface area contributed by atoms with Gasteiger partial charge in [0.15, 0.2) is 0 Å². The predicted octanol–water partition coefficient (Wildman–Crippen LogP) is 4.53. The summed E-state index contributed by atoms with van der Waals surface area (Å²) in [5.74, 6) is -0.140. The van der Waals surface area contributed by atoms with Gasteiger partial charge in [-0.1, -0.05) is 18.2 Å². The minimum absolute atomic E-state index is 0.221. The molecule has 0 saturated carbocycles. The Labute approximate surface area is 128 Å². The standard InChI is InChI=1S/C15H11F4NO3/c16-13(17)15(18,19)23-12-8-6-10(7-9-12)20-14(21)22-11-4-2-1-3-5-11/h1-9,13H,(H,20,21). The zero-order valence-corrected chi connectivity index (χ0v) is 11.5. The third kappa shape index (κ3) is 4.87. The highest BCUT2D eigenvalue weighted by Gasteiger charge is 2.43. The number of amides is 1. The Morgan fingerprint density at radius 3 is 2.13 bits per heavy atom. The van der Waals surface area contributed by atoms with Crippen molar-refractivity contribution in [2.24, 2.45) is 0 Å². The van der Waals surface area contributed by atoms with Gasteiger partial charge in [-0.25, -0.2) is 4.79 Å². The van der Waals surface area contributed by atoms with Crippen molar-refractivity contribution in [2.45, 2.75) is 12.5 Å². The number of hydrogen-bond acceptors (Lipinski definition) is 3. The predicted molar refractivity (Wildman–Crippen MR) is 74.1 cm³/mol. The number of ether oxygens (including phenoxy) is 2. The van der Waals surface area contributed by atoms with Crippen molar-refractivity contribution in [3.05, 3.63) is 54.6 Å². The van der Waals surface area contributed by atoms with E-state index in [9.17, 15) is 22.4 Å². The lowest BCUT2D eigenvalue weighted by Crippen LogP contribution is -2.33. The lowest BCUT2D eigenvalue weighted by Gasteiger charge is -2.16. The van der Waals surface area contributed by atoms with Crippen LogP contribution in [0.3, 0.4) is 0 Å². The molecule has 0 aliphatic rings. The van der Waals surface area contributed by atoms with Gasteiger partial charge in [-0.15, -0.1) is 0 Å². The molecule has 0 aliphatic heterocycles. The molecule has 0 spiro atoms. The highest BCUT2D eigenvalue weighted by Crippen LogP contribution is 2.28. The molecule has 0 radical (unpaired) electrons. The molecule has 0 aliphatic carbocycles. The van der Waals surface area contributed by atoms with Crippen molar-refractivity contribution < 1.29 is 31.8 Å². The summed E-state index contributed by atoms with van der Waals surface area (Å²) >= 11 is 0. The molecule has 0 fully saturated rings. The molecule has 0 aromatic heterocycles. The van der Waals surface area contributed by atoms with Crippen LogP contribution < -0.4 is 14.8 Å². The van der Waals surface area contributed by atoms with Crippen LogP contribution in [-0.2, 0) is 0 Å². The van der Waals surface area contributed by atoms with E-state index in [2.05, 4.69) is 10.1 Å². The first-order valence-electron chi connectivity index (χ1n) is 6.36. The van der Waals surface area contributed by atoms with Gasteiger partial charge in [0.25, 0.3) is 0 Å². The van der Waals surface area contributed by atoms with Crippen molar-refractivity contribution >= 4 is 11.8 Å². The summed E-state index contributed by atoms with van der Waals surface area (Å²) in [7, 11) is 0. The van der Waals surface area contributed by atoms with E-state index in [1.807, 2.05) is 0 Å². The molecule has 0 unspecified atom stereocenters. The number of anilines is 1. The molecule has 122 valence electrons. The number of rotatable bonds is 5. The van der Waals surface area contributed by atoms with Crippen LogP contribution >= 0.6 is 0 Å². The van der Waals surface area contributed by atoms with Crippen LogP contribution in [0, 0.1) is 0 Å². The van der Waals surface area contributed by atoms with Crippen LogP contribution in [0.4, 0.5) is 28.0 Å². The number of halogens is 4. The Bertz CT molecular complexity index is 648. The van der Waals surface area contributed by atoms with Crippen LogP contribution in [-0.4, -0.2) is 18.6 Å². The molecule has 1 N–H and O–H groups in total. The molecule has 8 heteroatoms. The van der Waals surface area contributed by atoms with Crippen molar-refractivity contribution in [3.63, 3.8) is 0 Å². The van der Waals surface area contributed by atoms with Crippen molar-refractivity contribution in [1.29, 1.82) is 0 Å². The summed E-state index contributed by atoms with van der Waals surface area (Å²) < 4.78 is 58.3. The van der Waals surface area contributed by atoms with Crippen LogP contribution in [0.25, 0.3) is 0 Å². The van der Waals surface area contributed by atoms with Gasteiger partial charge in [0.2, 0.25) is 0 Å². The summed E-state index contributed by atoms with van der Waals surface area (Å²) in [6.45, 7) is 0. The number of benzene rings is 2. The molecule has 0 heterocycles. The first-order valence-corrected chi connectivity index (χ1v) is 6.36. The molecule has 1 amide bonds. The molecule has 2 rings (SSSR count). The summed E-state index contributed by atoms with van der Waals surface area (Å²) in [6.07, 6.45) is -9.31. The molecule has 0 saturated heterocycles. The third-order valence-corrected chi connectivity index (χ3v) is 2.56. The van der Waals surface area contributed by atoms with Gasteiger partial charge in [0.1, 0.15) is 11.5 Å². The maximum atomic E-state index is 12.7. The van der Waals surface area contributed by atoms with E-state index in [1.165, 1.54) is 12.1 Å². The van der Waals surface area contributed by atoms with E-state index in [0.29, 0.717) is 5.75 Å². The van der Waals surface area contributed by atoms with E-state index < -0.39 is 24.4 Å². The van der Waals surface area contributed by atoms with E-state index in [0.717, 1.165) is 12.1 Å². The topological polar surface area (TPSA) is 47.6 Å². The maximum Gasteiger partial charge on any atom is 0.461 e. The SMILES string of the molecule is O=C(Nc1ccc(OC(F)(F)C(F)F)cc1)Oc1ccccc1. The number of hydrogen-bond donors (Lipinski definition) is 1. The first-order chi connectivity index (χ1) is 10.9. The fraction of sp³-hybridized carbons (Fsp3) is 0.133. The number of carbonyl (C=O) groups excluding carboxylic acids is 1. The highest BCUT2D eigenvalue weighted by molar-refractivity contribution is 5.86. The van der Waals surface area contributed by atoms with Gasteiger partial charge >= 0.3 is 18.6 Å². The second-order valence-corrected chi connectivity index (χ2v) is 4.32. The quantitative estimate of drug-likeness (QED) is 0.820. The number of alkyl halides is 4. The van der Waals surface area contributed by atoms with Crippen molar-refractivity contribution in [1.82, 2.24) is 0 Å². The van der Waals surface area contributed by atoms with Crippen LogP contribution in [0.2, 0.25) is 0 Å². The van der Waals surface area contributed by atoms with E-state index in [1.54, 1.807) is 30.3 Å². The van der Waals surface area contributed by atoms with Crippen molar-refractivity contribution in [3.8, 4) is 11.5 Å². The first kappa shape index (κ1) is 16.6. The molecular formula is C15H11F4NO3. The summed E-state index contributed by atoms with van der Waals surface area (Å²) in [6, 6.07) is 12.7. The average Bonchev–Trinajstić information content (AvgIpc) is 2.50. The lowest BCUT2D eigenvalue weighted by molar-refractivity contribution is -0.253. The zero-order chi connectivity index (χ0) is 16.9. The monoisotopic (exact) mass is 329 g/mol. The fourth-order valence-electron chi connectivity index (χ4n) is 1.55. The number of para-hydroxylation sites is 1. The van der Waals surface area contributed by atoms with Gasteiger partial charge in [-0.3, -0.25) is 5.32 Å². The average molecular weight is 329 g/mol. The Morgan fingerprint density at radius 1 is 0.957 bits per heavy atom. The van der Waals surface area contributed by atoms with Gasteiger partial charge in [0.05, 0.1) is 0 Å². The zero-order valence-electron chi connectivity index (χ0n) is 11.5. The fourth-order valence-corrected chi connectivity index (χ4v) is 1.55. The van der Waals surface area contributed by atoms with Gasteiger partial charge < -0.3 is 9.47 Å². The summed E-state index contributed by atoms with van der Waals surface area (Å²) in [4.78, 5) is 11.6. The molecule has 2 aromatic rings. The molecule has 2 aromatic carbocycles.